The molecule has 2 unspecified atom stereocenters. The quantitative estimate of drug-likeness (QED) is 0.318. The zero-order chi connectivity index (χ0) is 19.1. The van der Waals surface area contributed by atoms with Gasteiger partial charge in [0.25, 0.3) is 0 Å². The maximum Gasteiger partial charge on any atom is 1.00 e. The van der Waals surface area contributed by atoms with Crippen molar-refractivity contribution in [1.82, 2.24) is 0 Å². The maximum absolute atomic E-state index is 15.0. The number of aliphatic hydroxyl groups is 1. The second-order valence-electron chi connectivity index (χ2n) is 8.11. The average molecular weight is 395 g/mol. The van der Waals surface area contributed by atoms with E-state index in [1.807, 2.05) is 12.2 Å². The number of carboxylic acid groups (broad SMARTS) is 1. The molecule has 152 valence electrons. The topological polar surface area (TPSA) is 66.8 Å². The van der Waals surface area contributed by atoms with E-state index in [2.05, 4.69) is 13.8 Å². The van der Waals surface area contributed by atoms with Gasteiger partial charge in [0.05, 0.1) is 18.3 Å². The van der Waals surface area contributed by atoms with Crippen molar-refractivity contribution in [2.45, 2.75) is 96.1 Å². The summed E-state index contributed by atoms with van der Waals surface area (Å²) in [4.78, 5) is 10.6. The SMILES string of the molecule is CCCCC[C@H](O)/C=C/[C@@H]1[C@H]2C(F)C(CCCCC(=O)O)O[C@H]2C[C@H]1C.[H-].[Na+]. The smallest absolute Gasteiger partial charge is 1.00 e. The average Bonchev–Trinajstić information content (AvgIpc) is 3.05. The Morgan fingerprint density at radius 1 is 1.33 bits per heavy atom. The Balaban J connectivity index is 0.00000364. The molecule has 6 heteroatoms. The molecule has 0 amide bonds. The van der Waals surface area contributed by atoms with Gasteiger partial charge in [-0.25, -0.2) is 4.39 Å². The molecule has 1 heterocycles. The maximum atomic E-state index is 15.0. The van der Waals surface area contributed by atoms with E-state index in [9.17, 15) is 14.3 Å². The number of allylic oxidation sites excluding steroid dienone is 1. The van der Waals surface area contributed by atoms with Crippen LogP contribution in [0.2, 0.25) is 0 Å². The van der Waals surface area contributed by atoms with Gasteiger partial charge >= 0.3 is 35.5 Å². The number of halogens is 1. The van der Waals surface area contributed by atoms with Crippen LogP contribution in [-0.2, 0) is 9.53 Å². The van der Waals surface area contributed by atoms with Crippen molar-refractivity contribution in [3.63, 3.8) is 0 Å². The molecule has 2 N–H and O–H groups in total. The van der Waals surface area contributed by atoms with Crippen LogP contribution in [-0.4, -0.2) is 40.7 Å². The number of hydrogen-bond donors (Lipinski definition) is 2. The molecule has 1 saturated carbocycles. The molecule has 2 aliphatic rings. The van der Waals surface area contributed by atoms with Crippen LogP contribution in [0.3, 0.4) is 0 Å². The van der Waals surface area contributed by atoms with E-state index in [4.69, 9.17) is 9.84 Å². The summed E-state index contributed by atoms with van der Waals surface area (Å²) in [5.74, 6) is -0.466. The first-order valence-corrected chi connectivity index (χ1v) is 10.3. The predicted octanol–water partition coefficient (Wildman–Crippen LogP) is 1.62. The molecule has 0 bridgehead atoms. The van der Waals surface area contributed by atoms with E-state index in [1.54, 1.807) is 0 Å². The summed E-state index contributed by atoms with van der Waals surface area (Å²) in [6.07, 6.45) is 8.86. The molecular weight excluding hydrogens is 358 g/mol. The van der Waals surface area contributed by atoms with Crippen LogP contribution >= 0.6 is 0 Å². The normalized spacial score (nSPS) is 33.8. The molecule has 2 rings (SSSR count). The van der Waals surface area contributed by atoms with Crippen molar-refractivity contribution in [2.24, 2.45) is 17.8 Å². The van der Waals surface area contributed by atoms with Crippen LogP contribution in [0.25, 0.3) is 0 Å². The number of aliphatic hydroxyl groups excluding tert-OH is 1. The van der Waals surface area contributed by atoms with Crippen LogP contribution in [0.4, 0.5) is 4.39 Å². The number of carboxylic acids is 1. The van der Waals surface area contributed by atoms with E-state index >= 15 is 0 Å². The molecule has 1 aliphatic heterocycles. The Hall–Kier alpha value is 0.0600. The van der Waals surface area contributed by atoms with Crippen molar-refractivity contribution in [1.29, 1.82) is 0 Å². The molecule has 7 atom stereocenters. The Bertz CT molecular complexity index is 479. The van der Waals surface area contributed by atoms with Gasteiger partial charge in [0, 0.05) is 12.3 Å². The molecular formula is C21H36FNaO4. The van der Waals surface area contributed by atoms with Crippen LogP contribution in [0.5, 0.6) is 0 Å². The Kier molecular flexibility index (Phi) is 11.7. The summed E-state index contributed by atoms with van der Waals surface area (Å²) in [6.45, 7) is 4.27. The van der Waals surface area contributed by atoms with Gasteiger partial charge in [-0.3, -0.25) is 4.79 Å². The van der Waals surface area contributed by atoms with Gasteiger partial charge in [-0.1, -0.05) is 51.7 Å². The van der Waals surface area contributed by atoms with Gasteiger partial charge < -0.3 is 16.4 Å². The summed E-state index contributed by atoms with van der Waals surface area (Å²) in [7, 11) is 0. The molecule has 0 radical (unpaired) electrons. The second-order valence-corrected chi connectivity index (χ2v) is 8.11. The van der Waals surface area contributed by atoms with Crippen molar-refractivity contribution >= 4 is 5.97 Å². The Labute approximate surface area is 186 Å². The number of alkyl halides is 1. The molecule has 0 aromatic rings. The third-order valence-electron chi connectivity index (χ3n) is 6.00. The summed E-state index contributed by atoms with van der Waals surface area (Å²) in [5, 5.41) is 18.8. The van der Waals surface area contributed by atoms with Gasteiger partial charge in [0.15, 0.2) is 0 Å². The van der Waals surface area contributed by atoms with Gasteiger partial charge in [-0.15, -0.1) is 0 Å². The fraction of sp³-hybridized carbons (Fsp3) is 0.857. The van der Waals surface area contributed by atoms with Crippen molar-refractivity contribution in [3.05, 3.63) is 12.2 Å². The number of aliphatic carboxylic acids is 1. The Morgan fingerprint density at radius 2 is 2.07 bits per heavy atom. The molecule has 1 saturated heterocycles. The molecule has 27 heavy (non-hydrogen) atoms. The van der Waals surface area contributed by atoms with Crippen LogP contribution in [0, 0.1) is 17.8 Å². The number of hydrogen-bond acceptors (Lipinski definition) is 3. The number of unbranched alkanes of at least 4 members (excludes halogenated alkanes) is 3. The van der Waals surface area contributed by atoms with E-state index in [-0.39, 0.29) is 55.3 Å². The van der Waals surface area contributed by atoms with Crippen LogP contribution < -0.4 is 29.6 Å². The van der Waals surface area contributed by atoms with Gasteiger partial charge in [-0.05, 0) is 37.5 Å². The molecule has 1 aliphatic carbocycles. The monoisotopic (exact) mass is 394 g/mol. The zero-order valence-electron chi connectivity index (χ0n) is 18.1. The fourth-order valence-electron chi connectivity index (χ4n) is 4.54. The summed E-state index contributed by atoms with van der Waals surface area (Å²) in [5.41, 5.74) is 0. The summed E-state index contributed by atoms with van der Waals surface area (Å²) < 4.78 is 21.0. The standard InChI is InChI=1S/C21H35FO4.Na.H/c1-3-4-5-8-15(23)11-12-16-14(2)13-18-20(16)21(22)17(26-18)9-6-7-10-19(24)25;;/h11-12,14-18,20-21,23H,3-10,13H2,1-2H3,(H,24,25);;/q;+1;-1/b12-11+;;/t14-,15+,16+,17?,18+,20-,21?;;/m1../s1. The molecule has 2 fully saturated rings. The minimum Gasteiger partial charge on any atom is -1.00 e. The van der Waals surface area contributed by atoms with Crippen molar-refractivity contribution in [3.8, 4) is 0 Å². The molecule has 4 nitrogen and oxygen atoms in total. The largest absolute Gasteiger partial charge is 1.00 e. The van der Waals surface area contributed by atoms with E-state index < -0.39 is 24.3 Å². The zero-order valence-corrected chi connectivity index (χ0v) is 19.1. The molecule has 0 aromatic heterocycles. The van der Waals surface area contributed by atoms with Gasteiger partial charge in [-0.2, -0.15) is 0 Å². The minimum absolute atomic E-state index is 0. The van der Waals surface area contributed by atoms with Gasteiger partial charge in [0.1, 0.15) is 6.17 Å². The Morgan fingerprint density at radius 3 is 2.74 bits per heavy atom. The fourth-order valence-corrected chi connectivity index (χ4v) is 4.54. The number of carbonyl (C=O) groups is 1. The van der Waals surface area contributed by atoms with Crippen molar-refractivity contribution in [2.75, 3.05) is 0 Å². The second kappa shape index (κ2) is 12.6. The van der Waals surface area contributed by atoms with Gasteiger partial charge in [0.2, 0.25) is 0 Å². The van der Waals surface area contributed by atoms with Crippen molar-refractivity contribution < 1.29 is 55.1 Å². The third kappa shape index (κ3) is 7.43. The van der Waals surface area contributed by atoms with E-state index in [1.165, 1.54) is 0 Å². The number of ether oxygens (including phenoxy) is 1. The third-order valence-corrected chi connectivity index (χ3v) is 6.00. The van der Waals surface area contributed by atoms with Crippen LogP contribution in [0.15, 0.2) is 12.2 Å². The molecule has 0 aromatic carbocycles. The number of fused-ring (bicyclic) bond motifs is 1. The number of rotatable bonds is 11. The molecule has 0 spiro atoms. The first kappa shape index (κ1) is 25.1. The van der Waals surface area contributed by atoms with E-state index in [0.29, 0.717) is 25.2 Å². The predicted molar refractivity (Wildman–Crippen MR) is 101 cm³/mol. The van der Waals surface area contributed by atoms with E-state index in [0.717, 1.165) is 32.1 Å². The summed E-state index contributed by atoms with van der Waals surface area (Å²) >= 11 is 0. The summed E-state index contributed by atoms with van der Waals surface area (Å²) in [6, 6.07) is 0. The van der Waals surface area contributed by atoms with Crippen LogP contribution in [0.1, 0.15) is 73.1 Å². The first-order valence-electron chi connectivity index (χ1n) is 10.3. The minimum atomic E-state index is -0.998. The first-order chi connectivity index (χ1) is 12.4.